The van der Waals surface area contributed by atoms with Gasteiger partial charge in [-0.1, -0.05) is 11.2 Å². The first-order valence-electron chi connectivity index (χ1n) is 8.79. The quantitative estimate of drug-likeness (QED) is 0.773. The van der Waals surface area contributed by atoms with E-state index in [9.17, 15) is 4.79 Å². The average molecular weight is 333 g/mol. The van der Waals surface area contributed by atoms with Crippen molar-refractivity contribution >= 4 is 5.91 Å². The molecule has 2 aliphatic rings. The fraction of sp³-hybridized carbons (Fsp3) is 0.667. The lowest BCUT2D eigenvalue weighted by atomic mass is 10.1. The number of amides is 1. The van der Waals surface area contributed by atoms with Crippen molar-refractivity contribution in [1.29, 1.82) is 0 Å². The van der Waals surface area contributed by atoms with E-state index in [0.717, 1.165) is 63.4 Å². The lowest BCUT2D eigenvalue weighted by molar-refractivity contribution is -0.132. The monoisotopic (exact) mass is 333 g/mol. The van der Waals surface area contributed by atoms with Crippen molar-refractivity contribution in [1.82, 2.24) is 15.0 Å². The number of aromatic nitrogens is 1. The molecule has 1 fully saturated rings. The number of hydrogen-bond acceptors (Lipinski definition) is 5. The third kappa shape index (κ3) is 4.68. The normalized spacial score (nSPS) is 22.5. The van der Waals surface area contributed by atoms with E-state index in [-0.39, 0.29) is 12.0 Å². The molecule has 132 valence electrons. The molecule has 1 aromatic heterocycles. The molecule has 0 spiro atoms. The largest absolute Gasteiger partial charge is 0.372 e. The molecule has 0 saturated carbocycles. The lowest BCUT2D eigenvalue weighted by Crippen LogP contribution is -2.42. The van der Waals surface area contributed by atoms with Crippen molar-refractivity contribution in [3.63, 3.8) is 0 Å². The molecule has 1 aromatic rings. The van der Waals surface area contributed by atoms with Crippen molar-refractivity contribution in [2.45, 2.75) is 45.8 Å². The Balaban J connectivity index is 1.45. The van der Waals surface area contributed by atoms with Crippen LogP contribution in [-0.4, -0.2) is 59.8 Å². The Bertz CT molecular complexity index is 596. The van der Waals surface area contributed by atoms with E-state index in [1.165, 1.54) is 5.57 Å². The van der Waals surface area contributed by atoms with Crippen LogP contribution in [0.25, 0.3) is 0 Å². The van der Waals surface area contributed by atoms with Gasteiger partial charge >= 0.3 is 0 Å². The molecule has 6 nitrogen and oxygen atoms in total. The van der Waals surface area contributed by atoms with Gasteiger partial charge in [0, 0.05) is 45.7 Å². The van der Waals surface area contributed by atoms with Crippen LogP contribution in [0.3, 0.4) is 0 Å². The summed E-state index contributed by atoms with van der Waals surface area (Å²) in [7, 11) is 0. The SMILES string of the molecule is CC(=O)N1CCCC(OCC2=CCCN(Cc3cc(C)on3)C2)C1. The van der Waals surface area contributed by atoms with Gasteiger partial charge in [0.25, 0.3) is 0 Å². The highest BCUT2D eigenvalue weighted by Gasteiger charge is 2.23. The standard InChI is InChI=1S/C18H27N3O3/c1-14-9-17(19-24-14)11-20-7-3-5-16(10-20)13-23-18-6-4-8-21(12-18)15(2)22/h5,9,18H,3-4,6-8,10-13H2,1-2H3. The van der Waals surface area contributed by atoms with Crippen LogP contribution in [0, 0.1) is 6.92 Å². The van der Waals surface area contributed by atoms with E-state index in [0.29, 0.717) is 6.61 Å². The summed E-state index contributed by atoms with van der Waals surface area (Å²) in [4.78, 5) is 15.8. The summed E-state index contributed by atoms with van der Waals surface area (Å²) in [6, 6.07) is 1.99. The predicted molar refractivity (Wildman–Crippen MR) is 90.4 cm³/mol. The third-order valence-corrected chi connectivity index (χ3v) is 4.70. The van der Waals surface area contributed by atoms with E-state index in [2.05, 4.69) is 16.1 Å². The Morgan fingerprint density at radius 2 is 2.33 bits per heavy atom. The highest BCUT2D eigenvalue weighted by molar-refractivity contribution is 5.73. The Kier molecular flexibility index (Phi) is 5.68. The fourth-order valence-electron chi connectivity index (χ4n) is 3.43. The second-order valence-electron chi connectivity index (χ2n) is 6.83. The van der Waals surface area contributed by atoms with E-state index < -0.39 is 0 Å². The second-order valence-corrected chi connectivity index (χ2v) is 6.83. The topological polar surface area (TPSA) is 58.8 Å². The summed E-state index contributed by atoms with van der Waals surface area (Å²) in [6.07, 6.45) is 5.56. The lowest BCUT2D eigenvalue weighted by Gasteiger charge is -2.33. The minimum Gasteiger partial charge on any atom is -0.372 e. The van der Waals surface area contributed by atoms with E-state index in [1.54, 1.807) is 6.92 Å². The van der Waals surface area contributed by atoms with Crippen LogP contribution >= 0.6 is 0 Å². The summed E-state index contributed by atoms with van der Waals surface area (Å²) < 4.78 is 11.2. The predicted octanol–water partition coefficient (Wildman–Crippen LogP) is 2.14. The fourth-order valence-corrected chi connectivity index (χ4v) is 3.43. The number of ether oxygens (including phenoxy) is 1. The smallest absolute Gasteiger partial charge is 0.219 e. The third-order valence-electron chi connectivity index (χ3n) is 4.70. The molecule has 0 aliphatic carbocycles. The molecular formula is C18H27N3O3. The summed E-state index contributed by atoms with van der Waals surface area (Å²) in [5.41, 5.74) is 2.31. The van der Waals surface area contributed by atoms with Gasteiger partial charge in [-0.2, -0.15) is 0 Å². The number of hydrogen-bond donors (Lipinski definition) is 0. The first-order chi connectivity index (χ1) is 11.6. The van der Waals surface area contributed by atoms with Gasteiger partial charge in [-0.05, 0) is 31.8 Å². The summed E-state index contributed by atoms with van der Waals surface area (Å²) in [5, 5.41) is 4.07. The van der Waals surface area contributed by atoms with E-state index in [1.807, 2.05) is 17.9 Å². The molecular weight excluding hydrogens is 306 g/mol. The van der Waals surface area contributed by atoms with Crippen molar-refractivity contribution in [2.24, 2.45) is 0 Å². The zero-order chi connectivity index (χ0) is 16.9. The molecule has 1 saturated heterocycles. The molecule has 0 radical (unpaired) electrons. The van der Waals surface area contributed by atoms with Gasteiger partial charge in [0.1, 0.15) is 5.76 Å². The maximum atomic E-state index is 11.5. The van der Waals surface area contributed by atoms with Gasteiger partial charge in [0.2, 0.25) is 5.91 Å². The average Bonchev–Trinajstić information content (AvgIpc) is 2.98. The van der Waals surface area contributed by atoms with Gasteiger partial charge in [0.15, 0.2) is 0 Å². The Hall–Kier alpha value is -1.66. The number of carbonyl (C=O) groups is 1. The number of piperidine rings is 1. The van der Waals surface area contributed by atoms with Gasteiger partial charge in [-0.15, -0.1) is 0 Å². The van der Waals surface area contributed by atoms with Crippen LogP contribution in [0.5, 0.6) is 0 Å². The highest BCUT2D eigenvalue weighted by atomic mass is 16.5. The van der Waals surface area contributed by atoms with E-state index in [4.69, 9.17) is 9.26 Å². The van der Waals surface area contributed by atoms with Gasteiger partial charge < -0.3 is 14.2 Å². The summed E-state index contributed by atoms with van der Waals surface area (Å²) in [6.45, 7) is 8.57. The van der Waals surface area contributed by atoms with Crippen molar-refractivity contribution in [3.05, 3.63) is 29.2 Å². The molecule has 0 bridgehead atoms. The van der Waals surface area contributed by atoms with Crippen molar-refractivity contribution in [3.8, 4) is 0 Å². The maximum absolute atomic E-state index is 11.5. The molecule has 1 atom stereocenters. The van der Waals surface area contributed by atoms with Crippen LogP contribution < -0.4 is 0 Å². The molecule has 0 N–H and O–H groups in total. The molecule has 24 heavy (non-hydrogen) atoms. The number of carbonyl (C=O) groups excluding carboxylic acids is 1. The Labute approximate surface area is 143 Å². The first kappa shape index (κ1) is 17.2. The molecule has 1 amide bonds. The minimum atomic E-state index is 0.147. The van der Waals surface area contributed by atoms with Gasteiger partial charge in [-0.3, -0.25) is 9.69 Å². The van der Waals surface area contributed by atoms with Crippen LogP contribution in [0.15, 0.2) is 22.2 Å². The Morgan fingerprint density at radius 1 is 1.46 bits per heavy atom. The van der Waals surface area contributed by atoms with Crippen molar-refractivity contribution in [2.75, 3.05) is 32.8 Å². The molecule has 2 aliphatic heterocycles. The van der Waals surface area contributed by atoms with Gasteiger partial charge in [-0.25, -0.2) is 0 Å². The molecule has 1 unspecified atom stereocenters. The van der Waals surface area contributed by atoms with Crippen molar-refractivity contribution < 1.29 is 14.1 Å². The van der Waals surface area contributed by atoms with Crippen LogP contribution in [0.2, 0.25) is 0 Å². The highest BCUT2D eigenvalue weighted by Crippen LogP contribution is 2.17. The first-order valence-corrected chi connectivity index (χ1v) is 8.79. The summed E-state index contributed by atoms with van der Waals surface area (Å²) >= 11 is 0. The van der Waals surface area contributed by atoms with Crippen LogP contribution in [0.4, 0.5) is 0 Å². The van der Waals surface area contributed by atoms with Gasteiger partial charge in [0.05, 0.1) is 18.4 Å². The second kappa shape index (κ2) is 7.94. The van der Waals surface area contributed by atoms with E-state index >= 15 is 0 Å². The van der Waals surface area contributed by atoms with Crippen LogP contribution in [-0.2, 0) is 16.1 Å². The van der Waals surface area contributed by atoms with Crippen LogP contribution in [0.1, 0.15) is 37.6 Å². The minimum absolute atomic E-state index is 0.147. The zero-order valence-electron chi connectivity index (χ0n) is 14.7. The molecule has 3 heterocycles. The zero-order valence-corrected chi connectivity index (χ0v) is 14.7. The maximum Gasteiger partial charge on any atom is 0.219 e. The number of nitrogens with zero attached hydrogens (tertiary/aromatic N) is 3. The number of aryl methyl sites for hydroxylation is 1. The number of likely N-dealkylation sites (tertiary alicyclic amines) is 1. The molecule has 0 aromatic carbocycles. The molecule has 3 rings (SSSR count). The molecule has 6 heteroatoms. The number of rotatable bonds is 5. The summed E-state index contributed by atoms with van der Waals surface area (Å²) in [5.74, 6) is 1.00. The Morgan fingerprint density at radius 3 is 3.08 bits per heavy atom.